The van der Waals surface area contributed by atoms with Gasteiger partial charge in [-0.3, -0.25) is 9.59 Å². The molecule has 0 bridgehead atoms. The minimum atomic E-state index is -0.590. The van der Waals surface area contributed by atoms with Crippen LogP contribution in [0.5, 0.6) is 0 Å². The van der Waals surface area contributed by atoms with Crippen LogP contribution in [0.15, 0.2) is 107 Å². The number of aromatic nitrogens is 1. The van der Waals surface area contributed by atoms with E-state index in [0.717, 1.165) is 16.0 Å². The molecule has 5 aromatic rings. The average Bonchev–Trinajstić information content (AvgIpc) is 3.43. The molecule has 5 rings (SSSR count). The van der Waals surface area contributed by atoms with Gasteiger partial charge in [-0.25, -0.2) is 9.37 Å². The number of nitrogens with one attached hydrogen (secondary N) is 2. The number of halogens is 3. The number of thioether (sulfide) groups is 1. The maximum atomic E-state index is 13.9. The molecule has 1 heterocycles. The molecule has 0 aliphatic carbocycles. The zero-order valence-electron chi connectivity index (χ0n) is 20.6. The van der Waals surface area contributed by atoms with Crippen LogP contribution in [0.3, 0.4) is 0 Å². The molecule has 4 aromatic carbocycles. The molecule has 0 fully saturated rings. The first-order valence-corrected chi connectivity index (χ1v) is 14.5. The fraction of sp³-hybridized carbons (Fsp3) is 0.0333. The van der Waals surface area contributed by atoms with Crippen molar-refractivity contribution in [2.45, 2.75) is 10.1 Å². The SMILES string of the molecule is O=C(Nc1ccc(SC(C(=O)Nc2nc(-c3ccc(Cl)c(Cl)c3)cs2)c2ccccc2)cc1)c1ccccc1F. The van der Waals surface area contributed by atoms with E-state index in [1.54, 1.807) is 42.5 Å². The van der Waals surface area contributed by atoms with Crippen molar-refractivity contribution in [2.75, 3.05) is 10.6 Å². The molecular formula is C30H20Cl2FN3O2S2. The number of nitrogens with zero attached hydrogens (tertiary/aromatic N) is 1. The molecule has 1 aromatic heterocycles. The van der Waals surface area contributed by atoms with E-state index in [9.17, 15) is 14.0 Å². The van der Waals surface area contributed by atoms with E-state index in [1.807, 2.05) is 41.8 Å². The topological polar surface area (TPSA) is 71.1 Å². The van der Waals surface area contributed by atoms with Crippen LogP contribution in [0.4, 0.5) is 15.2 Å². The van der Waals surface area contributed by atoms with Gasteiger partial charge in [0.1, 0.15) is 11.1 Å². The minimum Gasteiger partial charge on any atom is -0.322 e. The van der Waals surface area contributed by atoms with Crippen LogP contribution in [-0.4, -0.2) is 16.8 Å². The summed E-state index contributed by atoms with van der Waals surface area (Å²) in [5.74, 6) is -1.36. The van der Waals surface area contributed by atoms with Gasteiger partial charge in [-0.05, 0) is 54.1 Å². The van der Waals surface area contributed by atoms with Crippen molar-refractivity contribution >= 4 is 68.9 Å². The summed E-state index contributed by atoms with van der Waals surface area (Å²) in [6.45, 7) is 0. The minimum absolute atomic E-state index is 0.0359. The third-order valence-electron chi connectivity index (χ3n) is 5.77. The van der Waals surface area contributed by atoms with Gasteiger partial charge in [0.25, 0.3) is 5.91 Å². The highest BCUT2D eigenvalue weighted by atomic mass is 35.5. The molecule has 0 radical (unpaired) electrons. The number of hydrogen-bond donors (Lipinski definition) is 2. The van der Waals surface area contributed by atoms with E-state index >= 15 is 0 Å². The number of carbonyl (C=O) groups excluding carboxylic acids is 2. The van der Waals surface area contributed by atoms with Gasteiger partial charge in [-0.15, -0.1) is 23.1 Å². The lowest BCUT2D eigenvalue weighted by molar-refractivity contribution is -0.115. The standard InChI is InChI=1S/C30H20Cl2FN3O2S2/c31-23-15-10-19(16-24(23)32)26-17-39-30(35-26)36-29(38)27(18-6-2-1-3-7-18)40-21-13-11-20(12-14-21)34-28(37)22-8-4-5-9-25(22)33/h1-17,27H,(H,34,37)(H,35,36,38). The summed E-state index contributed by atoms with van der Waals surface area (Å²) in [6, 6.07) is 27.5. The third kappa shape index (κ3) is 6.71. The molecule has 200 valence electrons. The van der Waals surface area contributed by atoms with Crippen molar-refractivity contribution in [1.29, 1.82) is 0 Å². The lowest BCUT2D eigenvalue weighted by Gasteiger charge is -2.16. The number of hydrogen-bond acceptors (Lipinski definition) is 5. The number of anilines is 2. The van der Waals surface area contributed by atoms with Crippen LogP contribution < -0.4 is 10.6 Å². The summed E-state index contributed by atoms with van der Waals surface area (Å²) in [4.78, 5) is 31.3. The van der Waals surface area contributed by atoms with E-state index in [2.05, 4.69) is 15.6 Å². The summed E-state index contributed by atoms with van der Waals surface area (Å²) >= 11 is 14.8. The zero-order chi connectivity index (χ0) is 28.1. The van der Waals surface area contributed by atoms with Crippen LogP contribution in [0.1, 0.15) is 21.2 Å². The Morgan fingerprint density at radius 3 is 2.30 bits per heavy atom. The molecule has 1 atom stereocenters. The smallest absolute Gasteiger partial charge is 0.258 e. The number of thiazole rings is 1. The molecule has 10 heteroatoms. The van der Waals surface area contributed by atoms with Gasteiger partial charge >= 0.3 is 0 Å². The fourth-order valence-corrected chi connectivity index (χ4v) is 5.83. The van der Waals surface area contributed by atoms with Crippen LogP contribution in [-0.2, 0) is 4.79 Å². The summed E-state index contributed by atoms with van der Waals surface area (Å²) in [5, 5.41) is 8.24. The van der Waals surface area contributed by atoms with Crippen LogP contribution in [0.25, 0.3) is 11.3 Å². The van der Waals surface area contributed by atoms with Gasteiger partial charge in [0.15, 0.2) is 5.13 Å². The Morgan fingerprint density at radius 2 is 1.57 bits per heavy atom. The molecule has 0 aliphatic heterocycles. The van der Waals surface area contributed by atoms with Crippen LogP contribution >= 0.6 is 46.3 Å². The fourth-order valence-electron chi connectivity index (χ4n) is 3.79. The average molecular weight is 609 g/mol. The van der Waals surface area contributed by atoms with Crippen molar-refractivity contribution < 1.29 is 14.0 Å². The monoisotopic (exact) mass is 607 g/mol. The number of amides is 2. The second-order valence-corrected chi connectivity index (χ2v) is 11.4. The van der Waals surface area contributed by atoms with Gasteiger partial charge in [-0.2, -0.15) is 0 Å². The predicted molar refractivity (Wildman–Crippen MR) is 162 cm³/mol. The zero-order valence-corrected chi connectivity index (χ0v) is 23.8. The second kappa shape index (κ2) is 12.7. The predicted octanol–water partition coefficient (Wildman–Crippen LogP) is 8.98. The highest BCUT2D eigenvalue weighted by Gasteiger charge is 2.23. The van der Waals surface area contributed by atoms with E-state index in [0.29, 0.717) is 26.6 Å². The molecule has 40 heavy (non-hydrogen) atoms. The van der Waals surface area contributed by atoms with Gasteiger partial charge < -0.3 is 10.6 Å². The molecule has 0 aliphatic rings. The lowest BCUT2D eigenvalue weighted by Crippen LogP contribution is -2.19. The maximum Gasteiger partial charge on any atom is 0.258 e. The summed E-state index contributed by atoms with van der Waals surface area (Å²) < 4.78 is 13.9. The van der Waals surface area contributed by atoms with Gasteiger partial charge in [-0.1, -0.05) is 71.7 Å². The molecule has 2 amide bonds. The Hall–Kier alpha value is -3.69. The van der Waals surface area contributed by atoms with E-state index in [4.69, 9.17) is 23.2 Å². The van der Waals surface area contributed by atoms with Crippen molar-refractivity contribution in [2.24, 2.45) is 0 Å². The van der Waals surface area contributed by atoms with E-state index in [-0.39, 0.29) is 11.5 Å². The Labute approximate surface area is 248 Å². The molecule has 2 N–H and O–H groups in total. The summed E-state index contributed by atoms with van der Waals surface area (Å²) in [6.07, 6.45) is 0. The Balaban J connectivity index is 1.30. The Kier molecular flexibility index (Phi) is 8.81. The van der Waals surface area contributed by atoms with E-state index < -0.39 is 17.0 Å². The largest absolute Gasteiger partial charge is 0.322 e. The Morgan fingerprint density at radius 1 is 0.850 bits per heavy atom. The summed E-state index contributed by atoms with van der Waals surface area (Å²) in [7, 11) is 0. The Bertz CT molecular complexity index is 1660. The van der Waals surface area contributed by atoms with Crippen molar-refractivity contribution in [3.05, 3.63) is 129 Å². The molecular weight excluding hydrogens is 588 g/mol. The first kappa shape index (κ1) is 27.9. The van der Waals surface area contributed by atoms with Crippen LogP contribution in [0, 0.1) is 5.82 Å². The second-order valence-electron chi connectivity index (χ2n) is 8.52. The molecule has 5 nitrogen and oxygen atoms in total. The lowest BCUT2D eigenvalue weighted by atomic mass is 10.1. The van der Waals surface area contributed by atoms with Crippen molar-refractivity contribution in [1.82, 2.24) is 4.98 Å². The third-order valence-corrected chi connectivity index (χ3v) is 8.54. The number of rotatable bonds is 8. The molecule has 1 unspecified atom stereocenters. The molecule has 0 spiro atoms. The molecule has 0 saturated carbocycles. The van der Waals surface area contributed by atoms with Crippen LogP contribution in [0.2, 0.25) is 10.0 Å². The first-order valence-electron chi connectivity index (χ1n) is 12.0. The number of carbonyl (C=O) groups is 2. The summed E-state index contributed by atoms with van der Waals surface area (Å²) in [5.41, 5.74) is 2.77. The normalized spacial score (nSPS) is 11.6. The van der Waals surface area contributed by atoms with Gasteiger partial charge in [0.05, 0.1) is 21.3 Å². The molecule has 0 saturated heterocycles. The highest BCUT2D eigenvalue weighted by molar-refractivity contribution is 8.00. The van der Waals surface area contributed by atoms with Crippen molar-refractivity contribution in [3.8, 4) is 11.3 Å². The quantitative estimate of drug-likeness (QED) is 0.173. The van der Waals surface area contributed by atoms with Crippen molar-refractivity contribution in [3.63, 3.8) is 0 Å². The number of benzene rings is 4. The maximum absolute atomic E-state index is 13.9. The highest BCUT2D eigenvalue weighted by Crippen LogP contribution is 2.37. The van der Waals surface area contributed by atoms with E-state index in [1.165, 1.54) is 41.3 Å². The van der Waals surface area contributed by atoms with Gasteiger partial charge in [0, 0.05) is 21.5 Å². The van der Waals surface area contributed by atoms with Gasteiger partial charge in [0.2, 0.25) is 5.91 Å². The first-order chi connectivity index (χ1) is 19.4.